The maximum Gasteiger partial charge on any atom is 0.309 e. The van der Waals surface area contributed by atoms with Crippen LogP contribution in [0.15, 0.2) is 0 Å². The van der Waals surface area contributed by atoms with Gasteiger partial charge in [-0.3, -0.25) is 4.79 Å². The van der Waals surface area contributed by atoms with Crippen LogP contribution in [-0.4, -0.2) is 37.1 Å². The Morgan fingerprint density at radius 1 is 1.31 bits per heavy atom. The van der Waals surface area contributed by atoms with Crippen LogP contribution in [0.1, 0.15) is 27.7 Å². The second kappa shape index (κ2) is 6.89. The van der Waals surface area contributed by atoms with E-state index in [4.69, 9.17) is 4.74 Å². The summed E-state index contributed by atoms with van der Waals surface area (Å²) in [5, 5.41) is 0. The number of hydrogen-bond acceptors (Lipinski definition) is 3. The largest absolute Gasteiger partial charge is 0.466 e. The summed E-state index contributed by atoms with van der Waals surface area (Å²) in [5.74, 6) is -0.103. The molecule has 3 heteroatoms. The number of esters is 1. The zero-order chi connectivity index (χ0) is 10.3. The fraction of sp³-hybridized carbons (Fsp3) is 0.900. The van der Waals surface area contributed by atoms with Crippen molar-refractivity contribution in [2.75, 3.05) is 26.2 Å². The third kappa shape index (κ3) is 4.88. The Bertz CT molecular complexity index is 144. The molecule has 0 fully saturated rings. The van der Waals surface area contributed by atoms with E-state index in [1.807, 2.05) is 13.8 Å². The summed E-state index contributed by atoms with van der Waals surface area (Å²) >= 11 is 0. The third-order valence-electron chi connectivity index (χ3n) is 2.12. The van der Waals surface area contributed by atoms with Crippen molar-refractivity contribution in [2.24, 2.45) is 5.92 Å². The van der Waals surface area contributed by atoms with Crippen LogP contribution in [0, 0.1) is 5.92 Å². The molecule has 0 amide bonds. The van der Waals surface area contributed by atoms with Gasteiger partial charge >= 0.3 is 5.97 Å². The van der Waals surface area contributed by atoms with Crippen molar-refractivity contribution in [3.8, 4) is 0 Å². The first-order valence-corrected chi connectivity index (χ1v) is 5.04. The van der Waals surface area contributed by atoms with E-state index in [1.165, 1.54) is 0 Å². The number of rotatable bonds is 6. The summed E-state index contributed by atoms with van der Waals surface area (Å²) in [4.78, 5) is 13.5. The lowest BCUT2D eigenvalue weighted by molar-refractivity contribution is -0.148. The smallest absolute Gasteiger partial charge is 0.309 e. The lowest BCUT2D eigenvalue weighted by Crippen LogP contribution is -2.32. The molecule has 0 aromatic carbocycles. The maximum atomic E-state index is 11.3. The fourth-order valence-electron chi connectivity index (χ4n) is 1.23. The highest BCUT2D eigenvalue weighted by atomic mass is 16.5. The van der Waals surface area contributed by atoms with Gasteiger partial charge in [-0.1, -0.05) is 20.8 Å². The van der Waals surface area contributed by atoms with E-state index in [1.54, 1.807) is 0 Å². The van der Waals surface area contributed by atoms with Crippen LogP contribution in [0.2, 0.25) is 0 Å². The highest BCUT2D eigenvalue weighted by molar-refractivity contribution is 5.72. The van der Waals surface area contributed by atoms with E-state index < -0.39 is 0 Å². The highest BCUT2D eigenvalue weighted by Crippen LogP contribution is 2.02. The highest BCUT2D eigenvalue weighted by Gasteiger charge is 2.15. The molecule has 0 aromatic heterocycles. The molecule has 0 aliphatic carbocycles. The van der Waals surface area contributed by atoms with E-state index in [0.29, 0.717) is 6.61 Å². The summed E-state index contributed by atoms with van der Waals surface area (Å²) < 4.78 is 4.93. The minimum absolute atomic E-state index is 0.0140. The van der Waals surface area contributed by atoms with Crippen LogP contribution in [0.4, 0.5) is 0 Å². The average Bonchev–Trinajstić information content (AvgIpc) is 2.14. The summed E-state index contributed by atoms with van der Waals surface area (Å²) in [7, 11) is 0. The molecule has 0 aromatic rings. The van der Waals surface area contributed by atoms with Crippen LogP contribution in [0.3, 0.4) is 0 Å². The summed E-state index contributed by atoms with van der Waals surface area (Å²) in [6.07, 6.45) is 0. The number of carbonyl (C=O) groups excluding carboxylic acids is 1. The third-order valence-corrected chi connectivity index (χ3v) is 2.12. The molecular weight excluding hydrogens is 166 g/mol. The van der Waals surface area contributed by atoms with Gasteiger partial charge in [0, 0.05) is 6.54 Å². The molecule has 0 rings (SSSR count). The Morgan fingerprint density at radius 3 is 2.23 bits per heavy atom. The minimum atomic E-state index is -0.0885. The van der Waals surface area contributed by atoms with Crippen LogP contribution in [0.25, 0.3) is 0 Å². The van der Waals surface area contributed by atoms with Crippen LogP contribution in [-0.2, 0) is 9.53 Å². The van der Waals surface area contributed by atoms with E-state index in [2.05, 4.69) is 18.7 Å². The van der Waals surface area contributed by atoms with Crippen LogP contribution >= 0.6 is 0 Å². The van der Waals surface area contributed by atoms with Gasteiger partial charge in [0.1, 0.15) is 0 Å². The summed E-state index contributed by atoms with van der Waals surface area (Å²) in [6, 6.07) is 0. The standard InChI is InChI=1S/C10H21NO2/c1-5-11(6-2)8-9(4)10(12)13-7-3/h9H,5-8H2,1-4H3/t9-/m1/s1. The predicted molar refractivity (Wildman–Crippen MR) is 53.6 cm³/mol. The molecule has 3 nitrogen and oxygen atoms in total. The molecule has 0 radical (unpaired) electrons. The molecule has 78 valence electrons. The van der Waals surface area contributed by atoms with E-state index in [-0.39, 0.29) is 11.9 Å². The Hall–Kier alpha value is -0.570. The monoisotopic (exact) mass is 187 g/mol. The van der Waals surface area contributed by atoms with Gasteiger partial charge in [-0.05, 0) is 20.0 Å². The van der Waals surface area contributed by atoms with Crippen molar-refractivity contribution >= 4 is 5.97 Å². The Morgan fingerprint density at radius 2 is 1.85 bits per heavy atom. The molecule has 0 heterocycles. The van der Waals surface area contributed by atoms with Crippen molar-refractivity contribution in [3.05, 3.63) is 0 Å². The van der Waals surface area contributed by atoms with Gasteiger partial charge in [0.05, 0.1) is 12.5 Å². The first-order chi connectivity index (χ1) is 6.15. The number of nitrogens with zero attached hydrogens (tertiary/aromatic N) is 1. The van der Waals surface area contributed by atoms with Gasteiger partial charge in [-0.2, -0.15) is 0 Å². The van der Waals surface area contributed by atoms with Gasteiger partial charge < -0.3 is 9.64 Å². The zero-order valence-electron chi connectivity index (χ0n) is 9.17. The fourth-order valence-corrected chi connectivity index (χ4v) is 1.23. The van der Waals surface area contributed by atoms with E-state index in [9.17, 15) is 4.79 Å². The molecule has 0 saturated heterocycles. The van der Waals surface area contributed by atoms with Crippen molar-refractivity contribution in [1.29, 1.82) is 0 Å². The first kappa shape index (κ1) is 12.4. The number of carbonyl (C=O) groups is 1. The Kier molecular flexibility index (Phi) is 6.59. The molecule has 1 atom stereocenters. The normalized spacial score (nSPS) is 13.0. The molecule has 0 unspecified atom stereocenters. The quantitative estimate of drug-likeness (QED) is 0.591. The summed E-state index contributed by atoms with van der Waals surface area (Å²) in [5.41, 5.74) is 0. The minimum Gasteiger partial charge on any atom is -0.466 e. The SMILES string of the molecule is CCOC(=O)[C@H](C)CN(CC)CC. The van der Waals surface area contributed by atoms with Gasteiger partial charge in [0.2, 0.25) is 0 Å². The van der Waals surface area contributed by atoms with Crippen molar-refractivity contribution in [2.45, 2.75) is 27.7 Å². The van der Waals surface area contributed by atoms with E-state index in [0.717, 1.165) is 19.6 Å². The molecule has 13 heavy (non-hydrogen) atoms. The van der Waals surface area contributed by atoms with Gasteiger partial charge in [0.25, 0.3) is 0 Å². The number of ether oxygens (including phenoxy) is 1. The molecular formula is C10H21NO2. The lowest BCUT2D eigenvalue weighted by atomic mass is 10.1. The molecule has 0 saturated carbocycles. The van der Waals surface area contributed by atoms with Gasteiger partial charge in [0.15, 0.2) is 0 Å². The lowest BCUT2D eigenvalue weighted by Gasteiger charge is -2.21. The molecule has 0 spiro atoms. The Balaban J connectivity index is 3.82. The predicted octanol–water partition coefficient (Wildman–Crippen LogP) is 1.53. The molecule has 0 bridgehead atoms. The van der Waals surface area contributed by atoms with Crippen LogP contribution in [0.5, 0.6) is 0 Å². The van der Waals surface area contributed by atoms with Crippen LogP contribution < -0.4 is 0 Å². The van der Waals surface area contributed by atoms with Crippen molar-refractivity contribution in [1.82, 2.24) is 4.90 Å². The van der Waals surface area contributed by atoms with Gasteiger partial charge in [-0.15, -0.1) is 0 Å². The van der Waals surface area contributed by atoms with E-state index >= 15 is 0 Å². The first-order valence-electron chi connectivity index (χ1n) is 5.04. The summed E-state index contributed by atoms with van der Waals surface area (Å²) in [6.45, 7) is 11.2. The second-order valence-electron chi connectivity index (χ2n) is 3.14. The average molecular weight is 187 g/mol. The van der Waals surface area contributed by atoms with Crippen molar-refractivity contribution in [3.63, 3.8) is 0 Å². The number of hydrogen-bond donors (Lipinski definition) is 0. The second-order valence-corrected chi connectivity index (χ2v) is 3.14. The van der Waals surface area contributed by atoms with Crippen molar-refractivity contribution < 1.29 is 9.53 Å². The van der Waals surface area contributed by atoms with Gasteiger partial charge in [-0.25, -0.2) is 0 Å². The maximum absolute atomic E-state index is 11.3. The molecule has 0 aliphatic heterocycles. The Labute approximate surface area is 81.1 Å². The topological polar surface area (TPSA) is 29.5 Å². The molecule has 0 N–H and O–H groups in total. The zero-order valence-corrected chi connectivity index (χ0v) is 9.17. The molecule has 0 aliphatic rings.